The molecule has 0 aromatic carbocycles. The lowest BCUT2D eigenvalue weighted by molar-refractivity contribution is -0.129. The Morgan fingerprint density at radius 2 is 2.31 bits per heavy atom. The van der Waals surface area contributed by atoms with Crippen molar-refractivity contribution in [2.75, 3.05) is 19.6 Å². The molecule has 1 saturated heterocycles. The van der Waals surface area contributed by atoms with Crippen molar-refractivity contribution in [2.24, 2.45) is 0 Å². The molecule has 0 aromatic heterocycles. The van der Waals surface area contributed by atoms with E-state index < -0.39 is 0 Å². The molecule has 0 saturated carbocycles. The lowest BCUT2D eigenvalue weighted by Gasteiger charge is -2.29. The Labute approximate surface area is 80.5 Å². The molecular weight excluding hydrogens is 164 g/mol. The van der Waals surface area contributed by atoms with Gasteiger partial charge in [-0.2, -0.15) is 0 Å². The Hall–Kier alpha value is -0.570. The second kappa shape index (κ2) is 5.22. The van der Waals surface area contributed by atoms with Crippen molar-refractivity contribution in [3.63, 3.8) is 0 Å². The van der Waals surface area contributed by atoms with Crippen LogP contribution < -0.4 is 5.32 Å². The molecule has 0 spiro atoms. The van der Waals surface area contributed by atoms with Gasteiger partial charge in [0.15, 0.2) is 0 Å². The molecule has 3 heteroatoms. The number of piperidine rings is 1. The van der Waals surface area contributed by atoms with Crippen molar-refractivity contribution in [3.8, 4) is 0 Å². The number of rotatable bonds is 3. The third-order valence-electron chi connectivity index (χ3n) is 2.68. The third kappa shape index (κ3) is 3.35. The number of hydrogen-bond acceptors (Lipinski definition) is 2. The molecule has 1 N–H and O–H groups in total. The Kier molecular flexibility index (Phi) is 4.22. The molecule has 0 aliphatic carbocycles. The average molecular weight is 184 g/mol. The summed E-state index contributed by atoms with van der Waals surface area (Å²) in [4.78, 5) is 13.1. The fourth-order valence-corrected chi connectivity index (χ4v) is 1.83. The van der Waals surface area contributed by atoms with Crippen molar-refractivity contribution in [1.82, 2.24) is 10.2 Å². The Balaban J connectivity index is 2.31. The van der Waals surface area contributed by atoms with Crippen LogP contribution in [0.5, 0.6) is 0 Å². The Morgan fingerprint density at radius 3 is 2.77 bits per heavy atom. The quantitative estimate of drug-likeness (QED) is 0.709. The van der Waals surface area contributed by atoms with E-state index in [1.165, 1.54) is 19.3 Å². The van der Waals surface area contributed by atoms with Crippen molar-refractivity contribution >= 4 is 5.91 Å². The number of likely N-dealkylation sites (N-methyl/N-ethyl adjacent to an activating group) is 1. The fourth-order valence-electron chi connectivity index (χ4n) is 1.83. The maximum absolute atomic E-state index is 11.1. The van der Waals surface area contributed by atoms with Crippen LogP contribution in [0.1, 0.15) is 33.1 Å². The van der Waals surface area contributed by atoms with Crippen molar-refractivity contribution < 1.29 is 4.79 Å². The van der Waals surface area contributed by atoms with Crippen LogP contribution in [0.2, 0.25) is 0 Å². The smallest absolute Gasteiger partial charge is 0.219 e. The van der Waals surface area contributed by atoms with E-state index >= 15 is 0 Å². The molecule has 1 heterocycles. The van der Waals surface area contributed by atoms with Gasteiger partial charge in [-0.05, 0) is 26.3 Å². The van der Waals surface area contributed by atoms with Gasteiger partial charge in [0.25, 0.3) is 0 Å². The van der Waals surface area contributed by atoms with Crippen LogP contribution in [0.15, 0.2) is 0 Å². The predicted molar refractivity (Wildman–Crippen MR) is 53.6 cm³/mol. The van der Waals surface area contributed by atoms with E-state index in [1.807, 2.05) is 11.8 Å². The van der Waals surface area contributed by atoms with E-state index in [4.69, 9.17) is 0 Å². The second-order valence-corrected chi connectivity index (χ2v) is 3.70. The van der Waals surface area contributed by atoms with Gasteiger partial charge in [-0.15, -0.1) is 0 Å². The van der Waals surface area contributed by atoms with Gasteiger partial charge < -0.3 is 10.2 Å². The molecule has 1 unspecified atom stereocenters. The van der Waals surface area contributed by atoms with Gasteiger partial charge in [0.2, 0.25) is 5.91 Å². The molecular formula is C10H20N2O. The van der Waals surface area contributed by atoms with Crippen LogP contribution >= 0.6 is 0 Å². The molecule has 0 bridgehead atoms. The van der Waals surface area contributed by atoms with Crippen LogP contribution in [0.3, 0.4) is 0 Å². The van der Waals surface area contributed by atoms with Crippen LogP contribution in [-0.4, -0.2) is 36.5 Å². The molecule has 76 valence electrons. The molecule has 1 aliphatic rings. The summed E-state index contributed by atoms with van der Waals surface area (Å²) in [6.45, 7) is 6.50. The minimum absolute atomic E-state index is 0.190. The number of nitrogens with one attached hydrogen (secondary N) is 1. The number of carbonyl (C=O) groups is 1. The standard InChI is InChI=1S/C10H20N2O/c1-3-12(9(2)13)8-10-6-4-5-7-11-10/h10-11H,3-8H2,1-2H3. The summed E-state index contributed by atoms with van der Waals surface area (Å²) in [5.41, 5.74) is 0. The maximum atomic E-state index is 11.1. The van der Waals surface area contributed by atoms with Gasteiger partial charge in [-0.1, -0.05) is 6.42 Å². The monoisotopic (exact) mass is 184 g/mol. The first-order valence-electron chi connectivity index (χ1n) is 5.23. The van der Waals surface area contributed by atoms with E-state index in [0.29, 0.717) is 6.04 Å². The molecule has 1 aliphatic heterocycles. The van der Waals surface area contributed by atoms with Gasteiger partial charge in [-0.25, -0.2) is 0 Å². The first kappa shape index (κ1) is 10.5. The number of nitrogens with zero attached hydrogens (tertiary/aromatic N) is 1. The van der Waals surface area contributed by atoms with Crippen LogP contribution in [0.25, 0.3) is 0 Å². The molecule has 1 atom stereocenters. The number of carbonyl (C=O) groups excluding carboxylic acids is 1. The zero-order chi connectivity index (χ0) is 9.68. The normalized spacial score (nSPS) is 22.8. The SMILES string of the molecule is CCN(CC1CCCCN1)C(C)=O. The zero-order valence-corrected chi connectivity index (χ0v) is 8.68. The molecule has 1 rings (SSSR count). The summed E-state index contributed by atoms with van der Waals surface area (Å²) in [6.07, 6.45) is 3.79. The molecule has 1 amide bonds. The molecule has 3 nitrogen and oxygen atoms in total. The van der Waals surface area contributed by atoms with Gasteiger partial charge >= 0.3 is 0 Å². The van der Waals surface area contributed by atoms with Crippen LogP contribution in [0, 0.1) is 0 Å². The second-order valence-electron chi connectivity index (χ2n) is 3.70. The Morgan fingerprint density at radius 1 is 1.54 bits per heavy atom. The molecule has 0 radical (unpaired) electrons. The summed E-state index contributed by atoms with van der Waals surface area (Å²) in [5.74, 6) is 0.190. The Bertz CT molecular complexity index is 164. The first-order valence-corrected chi connectivity index (χ1v) is 5.23. The van der Waals surface area contributed by atoms with Crippen molar-refractivity contribution in [2.45, 2.75) is 39.2 Å². The summed E-state index contributed by atoms with van der Waals surface area (Å²) in [5, 5.41) is 3.44. The lowest BCUT2D eigenvalue weighted by Crippen LogP contribution is -2.45. The van der Waals surface area contributed by atoms with Gasteiger partial charge in [-0.3, -0.25) is 4.79 Å². The lowest BCUT2D eigenvalue weighted by atomic mass is 10.0. The van der Waals surface area contributed by atoms with Gasteiger partial charge in [0, 0.05) is 26.1 Å². The fraction of sp³-hybridized carbons (Fsp3) is 0.900. The van der Waals surface area contributed by atoms with E-state index in [-0.39, 0.29) is 5.91 Å². The summed E-state index contributed by atoms with van der Waals surface area (Å²) in [6, 6.07) is 0.526. The van der Waals surface area contributed by atoms with E-state index in [9.17, 15) is 4.79 Å². The highest BCUT2D eigenvalue weighted by atomic mass is 16.2. The van der Waals surface area contributed by atoms with Crippen LogP contribution in [-0.2, 0) is 4.79 Å². The zero-order valence-electron chi connectivity index (χ0n) is 8.68. The first-order chi connectivity index (χ1) is 6.24. The number of amides is 1. The van der Waals surface area contributed by atoms with E-state index in [1.54, 1.807) is 6.92 Å². The summed E-state index contributed by atoms with van der Waals surface area (Å²) < 4.78 is 0. The van der Waals surface area contributed by atoms with Crippen molar-refractivity contribution in [3.05, 3.63) is 0 Å². The topological polar surface area (TPSA) is 32.3 Å². The third-order valence-corrected chi connectivity index (χ3v) is 2.68. The minimum Gasteiger partial charge on any atom is -0.342 e. The number of hydrogen-bond donors (Lipinski definition) is 1. The summed E-state index contributed by atoms with van der Waals surface area (Å²) in [7, 11) is 0. The van der Waals surface area contributed by atoms with E-state index in [2.05, 4.69) is 5.32 Å². The minimum atomic E-state index is 0.190. The molecule has 13 heavy (non-hydrogen) atoms. The summed E-state index contributed by atoms with van der Waals surface area (Å²) >= 11 is 0. The van der Waals surface area contributed by atoms with Gasteiger partial charge in [0.05, 0.1) is 0 Å². The van der Waals surface area contributed by atoms with Gasteiger partial charge in [0.1, 0.15) is 0 Å². The van der Waals surface area contributed by atoms with Crippen LogP contribution in [0.4, 0.5) is 0 Å². The van der Waals surface area contributed by atoms with Crippen molar-refractivity contribution in [1.29, 1.82) is 0 Å². The highest BCUT2D eigenvalue weighted by molar-refractivity contribution is 5.73. The van der Waals surface area contributed by atoms with E-state index in [0.717, 1.165) is 19.6 Å². The molecule has 1 fully saturated rings. The highest BCUT2D eigenvalue weighted by Gasteiger charge is 2.16. The average Bonchev–Trinajstić information content (AvgIpc) is 2.15. The largest absolute Gasteiger partial charge is 0.342 e. The maximum Gasteiger partial charge on any atom is 0.219 e. The predicted octanol–water partition coefficient (Wildman–Crippen LogP) is 0.997. The highest BCUT2D eigenvalue weighted by Crippen LogP contribution is 2.08. The molecule has 0 aromatic rings.